The molecule has 1 radical (unpaired) electrons. The topological polar surface area (TPSA) is 48.2 Å². The van der Waals surface area contributed by atoms with Crippen molar-refractivity contribution < 1.29 is 9.59 Å². The van der Waals surface area contributed by atoms with Crippen LogP contribution in [0.4, 0.5) is 0 Å². The summed E-state index contributed by atoms with van der Waals surface area (Å²) < 4.78 is 0. The van der Waals surface area contributed by atoms with Crippen molar-refractivity contribution in [2.75, 3.05) is 6.54 Å². The molecule has 0 aromatic carbocycles. The lowest BCUT2D eigenvalue weighted by molar-refractivity contribution is -0.143. The maximum Gasteiger partial charge on any atom is 0.310 e. The molecule has 0 atom stereocenters. The van der Waals surface area contributed by atoms with Crippen LogP contribution in [0.15, 0.2) is 0 Å². The first-order valence-electron chi connectivity index (χ1n) is 1.55. The highest BCUT2D eigenvalue weighted by atomic mass is 16.2. The molecule has 31 valence electrons. The molecule has 6 heavy (non-hydrogen) atoms. The summed E-state index contributed by atoms with van der Waals surface area (Å²) in [5.41, 5.74) is 0. The molecule has 0 aliphatic carbocycles. The maximum absolute atomic E-state index is 9.79. The molecule has 0 aromatic rings. The van der Waals surface area contributed by atoms with Gasteiger partial charge >= 0.3 is 5.91 Å². The van der Waals surface area contributed by atoms with Crippen molar-refractivity contribution in [1.82, 2.24) is 5.32 Å². The van der Waals surface area contributed by atoms with Gasteiger partial charge in [-0.05, 0) is 0 Å². The molecule has 0 spiro atoms. The third-order valence-corrected chi connectivity index (χ3v) is 0.605. The molecule has 1 heterocycles. The van der Waals surface area contributed by atoms with Crippen LogP contribution in [-0.4, -0.2) is 18.2 Å². The number of β-lactam (4-membered cyclic amide) rings is 1. The van der Waals surface area contributed by atoms with Gasteiger partial charge in [-0.2, -0.15) is 0 Å². The van der Waals surface area contributed by atoms with Crippen LogP contribution < -0.4 is 5.32 Å². The Morgan fingerprint density at radius 3 is 2.00 bits per heavy atom. The maximum atomic E-state index is 9.79. The Bertz CT molecular complexity index is 93.4. The Kier molecular flexibility index (Phi) is 0.445. The van der Waals surface area contributed by atoms with Gasteiger partial charge in [-0.3, -0.25) is 9.59 Å². The Balaban J connectivity index is 2.61. The SMILES string of the molecule is O=C1C[N]C1=O. The summed E-state index contributed by atoms with van der Waals surface area (Å²) in [6.07, 6.45) is 0. The minimum atomic E-state index is -0.574. The van der Waals surface area contributed by atoms with E-state index in [4.69, 9.17) is 0 Å². The smallest absolute Gasteiger partial charge is 0.286 e. The quantitative estimate of drug-likeness (QED) is 0.270. The number of hydrogen-bond acceptors (Lipinski definition) is 2. The summed E-state index contributed by atoms with van der Waals surface area (Å²) in [5, 5.41) is 3.16. The van der Waals surface area contributed by atoms with Crippen molar-refractivity contribution >= 4 is 11.7 Å². The number of carbonyl (C=O) groups is 2. The van der Waals surface area contributed by atoms with Crippen molar-refractivity contribution in [3.63, 3.8) is 0 Å². The molecular formula is C3H2NO2. The Hall–Kier alpha value is -0.860. The molecule has 0 unspecified atom stereocenters. The van der Waals surface area contributed by atoms with E-state index >= 15 is 0 Å². The summed E-state index contributed by atoms with van der Waals surface area (Å²) in [6, 6.07) is 0. The van der Waals surface area contributed by atoms with Crippen molar-refractivity contribution in [3.05, 3.63) is 0 Å². The summed E-state index contributed by atoms with van der Waals surface area (Å²) >= 11 is 0. The Morgan fingerprint density at radius 1 is 1.50 bits per heavy atom. The van der Waals surface area contributed by atoms with Gasteiger partial charge < -0.3 is 0 Å². The molecule has 3 heteroatoms. The number of ketones is 1. The van der Waals surface area contributed by atoms with Gasteiger partial charge in [0.05, 0.1) is 0 Å². The van der Waals surface area contributed by atoms with Crippen LogP contribution in [0.2, 0.25) is 0 Å². The molecule has 0 aromatic heterocycles. The standard InChI is InChI=1S/C3H2NO2/c5-2-1-4-3(2)6/h1H2. The van der Waals surface area contributed by atoms with Gasteiger partial charge in [0.15, 0.2) is 0 Å². The molecule has 0 bridgehead atoms. The highest BCUT2D eigenvalue weighted by Crippen LogP contribution is 1.83. The second-order valence-electron chi connectivity index (χ2n) is 1.04. The highest BCUT2D eigenvalue weighted by molar-refractivity contribution is 6.42. The summed E-state index contributed by atoms with van der Waals surface area (Å²) in [4.78, 5) is 19.5. The predicted octanol–water partition coefficient (Wildman–Crippen LogP) is -1.30. The second-order valence-corrected chi connectivity index (χ2v) is 1.04. The minimum absolute atomic E-state index is 0.110. The van der Waals surface area contributed by atoms with Gasteiger partial charge in [0, 0.05) is 0 Å². The zero-order chi connectivity index (χ0) is 4.57. The summed E-state index contributed by atoms with van der Waals surface area (Å²) in [5.74, 6) is -0.940. The molecule has 3 nitrogen and oxygen atoms in total. The Labute approximate surface area is 34.3 Å². The number of amides is 1. The van der Waals surface area contributed by atoms with Crippen molar-refractivity contribution in [2.45, 2.75) is 0 Å². The molecule has 1 aliphatic heterocycles. The summed E-state index contributed by atoms with van der Waals surface area (Å²) in [6.45, 7) is 0.110. The van der Waals surface area contributed by atoms with E-state index in [2.05, 4.69) is 5.32 Å². The van der Waals surface area contributed by atoms with Crippen molar-refractivity contribution in [2.24, 2.45) is 0 Å². The van der Waals surface area contributed by atoms with Gasteiger partial charge in [0.1, 0.15) is 6.54 Å². The van der Waals surface area contributed by atoms with E-state index in [1.165, 1.54) is 0 Å². The number of rotatable bonds is 0. The van der Waals surface area contributed by atoms with E-state index in [0.717, 1.165) is 0 Å². The molecule has 0 N–H and O–H groups in total. The molecule has 1 saturated heterocycles. The first kappa shape index (κ1) is 3.33. The van der Waals surface area contributed by atoms with Gasteiger partial charge in [0.2, 0.25) is 5.78 Å². The fourth-order valence-electron chi connectivity index (χ4n) is 0.208. The zero-order valence-corrected chi connectivity index (χ0v) is 2.97. The van der Waals surface area contributed by atoms with Gasteiger partial charge in [-0.1, -0.05) is 0 Å². The lowest BCUT2D eigenvalue weighted by atomic mass is 10.2. The van der Waals surface area contributed by atoms with Crippen LogP contribution in [-0.2, 0) is 9.59 Å². The number of carbonyl (C=O) groups excluding carboxylic acids is 2. The van der Waals surface area contributed by atoms with Crippen molar-refractivity contribution in [1.29, 1.82) is 0 Å². The fraction of sp³-hybridized carbons (Fsp3) is 0.333. The molecule has 1 amide bonds. The van der Waals surface area contributed by atoms with E-state index < -0.39 is 5.91 Å². The third-order valence-electron chi connectivity index (χ3n) is 0.605. The predicted molar refractivity (Wildman–Crippen MR) is 17.0 cm³/mol. The molecule has 1 aliphatic rings. The minimum Gasteiger partial charge on any atom is -0.286 e. The lowest BCUT2D eigenvalue weighted by Gasteiger charge is -2.04. The molecule has 1 rings (SSSR count). The van der Waals surface area contributed by atoms with Crippen molar-refractivity contribution in [3.8, 4) is 0 Å². The zero-order valence-electron chi connectivity index (χ0n) is 2.97. The fourth-order valence-corrected chi connectivity index (χ4v) is 0.208. The summed E-state index contributed by atoms with van der Waals surface area (Å²) in [7, 11) is 0. The average Bonchev–Trinajstić information content (AvgIpc) is 1.61. The number of hydrogen-bond donors (Lipinski definition) is 0. The van der Waals surface area contributed by atoms with Gasteiger partial charge in [-0.25, -0.2) is 5.32 Å². The van der Waals surface area contributed by atoms with E-state index in [-0.39, 0.29) is 12.3 Å². The first-order chi connectivity index (χ1) is 2.80. The number of Topliss-reactive ketones (excluding diaryl/α,β-unsaturated/α-hetero) is 1. The van der Waals surface area contributed by atoms with Crippen LogP contribution in [0.5, 0.6) is 0 Å². The van der Waals surface area contributed by atoms with Gasteiger partial charge in [0.25, 0.3) is 0 Å². The second kappa shape index (κ2) is 0.801. The molecule has 1 fully saturated rings. The highest BCUT2D eigenvalue weighted by Gasteiger charge is 2.25. The molecule has 0 saturated carbocycles. The third kappa shape index (κ3) is 0.217. The normalized spacial score (nSPS) is 19.3. The monoisotopic (exact) mass is 84.0 g/mol. The van der Waals surface area contributed by atoms with Crippen LogP contribution >= 0.6 is 0 Å². The van der Waals surface area contributed by atoms with Crippen LogP contribution in [0.1, 0.15) is 0 Å². The number of nitrogens with zero attached hydrogens (tertiary/aromatic N) is 1. The van der Waals surface area contributed by atoms with E-state index in [1.54, 1.807) is 0 Å². The van der Waals surface area contributed by atoms with E-state index in [1.807, 2.05) is 0 Å². The first-order valence-corrected chi connectivity index (χ1v) is 1.55. The van der Waals surface area contributed by atoms with E-state index in [9.17, 15) is 9.59 Å². The lowest BCUT2D eigenvalue weighted by Crippen LogP contribution is -2.43. The average molecular weight is 84.1 g/mol. The van der Waals surface area contributed by atoms with Crippen LogP contribution in [0.25, 0.3) is 0 Å². The van der Waals surface area contributed by atoms with Crippen LogP contribution in [0, 0.1) is 0 Å². The Morgan fingerprint density at radius 2 is 2.00 bits per heavy atom. The largest absolute Gasteiger partial charge is 0.310 e. The van der Waals surface area contributed by atoms with Crippen LogP contribution in [0.3, 0.4) is 0 Å². The van der Waals surface area contributed by atoms with E-state index in [0.29, 0.717) is 0 Å². The molecular weight excluding hydrogens is 82.0 g/mol. The van der Waals surface area contributed by atoms with Gasteiger partial charge in [-0.15, -0.1) is 0 Å².